The molecule has 0 aromatic heterocycles. The van der Waals surface area contributed by atoms with Gasteiger partial charge in [-0.05, 0) is 5.75 Å². The van der Waals surface area contributed by atoms with Gasteiger partial charge >= 0.3 is 0 Å². The van der Waals surface area contributed by atoms with Crippen molar-refractivity contribution in [1.29, 1.82) is 0 Å². The molecule has 0 spiro atoms. The van der Waals surface area contributed by atoms with Gasteiger partial charge in [-0.25, -0.2) is 0 Å². The minimum Gasteiger partial charge on any atom is -0.194 e. The first-order valence-corrected chi connectivity index (χ1v) is 6.38. The lowest BCUT2D eigenvalue weighted by Gasteiger charge is -1.85. The smallest absolute Gasteiger partial charge is 0.0851 e. The first-order chi connectivity index (χ1) is 2.91. The standard InChI is InChI=1S/C4H12SSi/c1-3-5-6-4-2/h3-4,6H2,1-2H3. The fraction of sp³-hybridized carbons (Fsp3) is 1.00. The molecule has 0 aromatic carbocycles. The van der Waals surface area contributed by atoms with E-state index in [4.69, 9.17) is 0 Å². The van der Waals surface area contributed by atoms with Gasteiger partial charge < -0.3 is 0 Å². The number of rotatable bonds is 3. The second-order valence-electron chi connectivity index (χ2n) is 1.20. The molecule has 0 bridgehead atoms. The molecular formula is C4H12SSi. The zero-order valence-corrected chi connectivity index (χ0v) is 6.76. The highest BCUT2D eigenvalue weighted by atomic mass is 32.4. The highest BCUT2D eigenvalue weighted by Crippen LogP contribution is 1.95. The van der Waals surface area contributed by atoms with Gasteiger partial charge in [0.1, 0.15) is 0 Å². The predicted molar refractivity (Wildman–Crippen MR) is 37.2 cm³/mol. The van der Waals surface area contributed by atoms with Gasteiger partial charge in [0.2, 0.25) is 0 Å². The highest BCUT2D eigenvalue weighted by molar-refractivity contribution is 8.22. The summed E-state index contributed by atoms with van der Waals surface area (Å²) in [6.07, 6.45) is 0. The van der Waals surface area contributed by atoms with Gasteiger partial charge in [0.15, 0.2) is 0 Å². The first-order valence-electron chi connectivity index (χ1n) is 2.49. The first kappa shape index (κ1) is 6.57. The number of hydrogen-bond donors (Lipinski definition) is 0. The molecule has 38 valence electrons. The summed E-state index contributed by atoms with van der Waals surface area (Å²) in [6.45, 7) is 4.50. The minimum atomic E-state index is 0.338. The average molecular weight is 120 g/mol. The largest absolute Gasteiger partial charge is 0.194 e. The van der Waals surface area contributed by atoms with Crippen molar-refractivity contribution in [1.82, 2.24) is 0 Å². The lowest BCUT2D eigenvalue weighted by Crippen LogP contribution is -1.76. The third kappa shape index (κ3) is 4.57. The van der Waals surface area contributed by atoms with E-state index in [0.717, 1.165) is 0 Å². The molecule has 0 nitrogen and oxygen atoms in total. The van der Waals surface area contributed by atoms with Crippen molar-refractivity contribution >= 4 is 19.9 Å². The van der Waals surface area contributed by atoms with E-state index in [1.807, 2.05) is 0 Å². The SMILES string of the molecule is CC[SiH2]SCC. The molecule has 6 heavy (non-hydrogen) atoms. The molecular weight excluding hydrogens is 108 g/mol. The summed E-state index contributed by atoms with van der Waals surface area (Å²) < 4.78 is 0. The van der Waals surface area contributed by atoms with Gasteiger partial charge in [0, 0.05) is 0 Å². The van der Waals surface area contributed by atoms with E-state index in [9.17, 15) is 0 Å². The summed E-state index contributed by atoms with van der Waals surface area (Å²) in [7, 11) is 0.338. The molecule has 0 fully saturated rings. The molecule has 2 heteroatoms. The van der Waals surface area contributed by atoms with Crippen LogP contribution in [0.4, 0.5) is 0 Å². The molecule has 0 atom stereocenters. The Balaban J connectivity index is 2.34. The Bertz CT molecular complexity index is 19.5. The maximum absolute atomic E-state index is 2.27. The average Bonchev–Trinajstić information content (AvgIpc) is 1.61. The number of hydrogen-bond acceptors (Lipinski definition) is 1. The van der Waals surface area contributed by atoms with Gasteiger partial charge in [0.05, 0.1) is 8.67 Å². The van der Waals surface area contributed by atoms with E-state index in [0.29, 0.717) is 8.67 Å². The fourth-order valence-corrected chi connectivity index (χ4v) is 2.60. The molecule has 0 aromatic rings. The van der Waals surface area contributed by atoms with Crippen LogP contribution in [-0.4, -0.2) is 14.4 Å². The van der Waals surface area contributed by atoms with Gasteiger partial charge in [-0.15, -0.1) is 0 Å². The molecule has 0 radical (unpaired) electrons. The van der Waals surface area contributed by atoms with Crippen molar-refractivity contribution in [2.24, 2.45) is 0 Å². The second kappa shape index (κ2) is 5.57. The topological polar surface area (TPSA) is 0 Å². The van der Waals surface area contributed by atoms with Crippen molar-refractivity contribution in [3.8, 4) is 0 Å². The lowest BCUT2D eigenvalue weighted by molar-refractivity contribution is 1.47. The maximum Gasteiger partial charge on any atom is 0.0851 e. The van der Waals surface area contributed by atoms with Crippen molar-refractivity contribution in [2.75, 3.05) is 5.75 Å². The summed E-state index contributed by atoms with van der Waals surface area (Å²) in [5.74, 6) is 1.33. The van der Waals surface area contributed by atoms with Crippen LogP contribution >= 0.6 is 11.2 Å². The van der Waals surface area contributed by atoms with Crippen LogP contribution in [0.2, 0.25) is 6.04 Å². The van der Waals surface area contributed by atoms with E-state index >= 15 is 0 Å². The van der Waals surface area contributed by atoms with Crippen LogP contribution in [0.25, 0.3) is 0 Å². The molecule has 0 saturated heterocycles. The molecule has 0 unspecified atom stereocenters. The predicted octanol–water partition coefficient (Wildman–Crippen LogP) is 1.26. The van der Waals surface area contributed by atoms with Crippen LogP contribution in [-0.2, 0) is 0 Å². The van der Waals surface area contributed by atoms with Crippen LogP contribution in [0.5, 0.6) is 0 Å². The van der Waals surface area contributed by atoms with Crippen LogP contribution in [0, 0.1) is 0 Å². The summed E-state index contributed by atoms with van der Waals surface area (Å²) in [4.78, 5) is 0. The fourth-order valence-electron chi connectivity index (χ4n) is 0.289. The summed E-state index contributed by atoms with van der Waals surface area (Å²) >= 11 is 2.15. The highest BCUT2D eigenvalue weighted by Gasteiger charge is 1.76. The van der Waals surface area contributed by atoms with Crippen molar-refractivity contribution in [3.05, 3.63) is 0 Å². The Morgan fingerprint density at radius 1 is 1.50 bits per heavy atom. The van der Waals surface area contributed by atoms with Gasteiger partial charge in [-0.2, -0.15) is 11.2 Å². The third-order valence-corrected chi connectivity index (χ3v) is 4.97. The molecule has 0 rings (SSSR count). The second-order valence-corrected chi connectivity index (χ2v) is 6.04. The Hall–Kier alpha value is 0.567. The van der Waals surface area contributed by atoms with Crippen molar-refractivity contribution in [2.45, 2.75) is 19.9 Å². The van der Waals surface area contributed by atoms with Crippen LogP contribution in [0.1, 0.15) is 13.8 Å². The molecule has 0 heterocycles. The van der Waals surface area contributed by atoms with Gasteiger partial charge in [0.25, 0.3) is 0 Å². The van der Waals surface area contributed by atoms with E-state index in [2.05, 4.69) is 25.1 Å². The Morgan fingerprint density at radius 3 is 2.33 bits per heavy atom. The Labute approximate surface area is 46.2 Å². The maximum atomic E-state index is 2.27. The monoisotopic (exact) mass is 120 g/mol. The van der Waals surface area contributed by atoms with Gasteiger partial charge in [-0.1, -0.05) is 19.9 Å². The molecule has 0 saturated carbocycles. The van der Waals surface area contributed by atoms with Crippen LogP contribution in [0.15, 0.2) is 0 Å². The molecule has 0 aliphatic carbocycles. The van der Waals surface area contributed by atoms with Gasteiger partial charge in [-0.3, -0.25) is 0 Å². The molecule has 0 aliphatic rings. The zero-order valence-electron chi connectivity index (χ0n) is 4.53. The summed E-state index contributed by atoms with van der Waals surface area (Å²) in [6, 6.07) is 1.46. The summed E-state index contributed by atoms with van der Waals surface area (Å²) in [5, 5.41) is 0. The Morgan fingerprint density at radius 2 is 2.17 bits per heavy atom. The Kier molecular flexibility index (Phi) is 6.09. The molecule has 0 amide bonds. The van der Waals surface area contributed by atoms with Crippen LogP contribution in [0.3, 0.4) is 0 Å². The van der Waals surface area contributed by atoms with Crippen molar-refractivity contribution in [3.63, 3.8) is 0 Å². The zero-order chi connectivity index (χ0) is 4.83. The molecule has 0 N–H and O–H groups in total. The molecule has 0 aliphatic heterocycles. The quantitative estimate of drug-likeness (QED) is 0.399. The minimum absolute atomic E-state index is 0.338. The lowest BCUT2D eigenvalue weighted by atomic mass is 11.0. The summed E-state index contributed by atoms with van der Waals surface area (Å²) in [5.41, 5.74) is 0. The van der Waals surface area contributed by atoms with Crippen molar-refractivity contribution < 1.29 is 0 Å². The van der Waals surface area contributed by atoms with E-state index in [1.54, 1.807) is 0 Å². The van der Waals surface area contributed by atoms with Crippen LogP contribution < -0.4 is 0 Å². The third-order valence-electron chi connectivity index (χ3n) is 0.553. The van der Waals surface area contributed by atoms with E-state index in [1.165, 1.54) is 11.8 Å². The normalized spacial score (nSPS) is 11.0. The van der Waals surface area contributed by atoms with E-state index < -0.39 is 0 Å². The van der Waals surface area contributed by atoms with E-state index in [-0.39, 0.29) is 0 Å².